The second-order valence-corrected chi connectivity index (χ2v) is 25.7. The molecule has 0 aromatic rings. The minimum Gasteiger partial charge on any atom is -0.394 e. The molecule has 530 valence electrons. The number of amides is 1. The highest BCUT2D eigenvalue weighted by Gasteiger charge is 2.53. The van der Waals surface area contributed by atoms with Crippen molar-refractivity contribution in [3.63, 3.8) is 0 Å². The quantitative estimate of drug-likeness (QED) is 0.0199. The van der Waals surface area contributed by atoms with Crippen LogP contribution in [-0.2, 0) is 33.2 Å². The number of allylic oxidation sites excluding steroid dienone is 9. The third kappa shape index (κ3) is 35.4. The number of nitrogens with one attached hydrogen (secondary N) is 1. The molecule has 0 bridgehead atoms. The van der Waals surface area contributed by atoms with E-state index in [0.29, 0.717) is 6.42 Å². The van der Waals surface area contributed by atoms with Crippen molar-refractivity contribution in [2.75, 3.05) is 26.4 Å². The lowest BCUT2D eigenvalue weighted by molar-refractivity contribution is -0.379. The minimum absolute atomic E-state index is 0.243. The highest BCUT2D eigenvalue weighted by molar-refractivity contribution is 5.76. The number of hydrogen-bond acceptors (Lipinski definition) is 18. The molecule has 0 aromatic carbocycles. The Labute approximate surface area is 547 Å². The maximum atomic E-state index is 13.4. The molecule has 3 fully saturated rings. The van der Waals surface area contributed by atoms with Crippen molar-refractivity contribution >= 4 is 5.91 Å². The van der Waals surface area contributed by atoms with Gasteiger partial charge in [-0.3, -0.25) is 4.79 Å². The molecule has 0 aliphatic carbocycles. The largest absolute Gasteiger partial charge is 0.394 e. The van der Waals surface area contributed by atoms with E-state index in [-0.39, 0.29) is 18.9 Å². The monoisotopic (exact) mass is 1300 g/mol. The summed E-state index contributed by atoms with van der Waals surface area (Å²) in [7, 11) is 0. The van der Waals surface area contributed by atoms with Crippen molar-refractivity contribution in [3.05, 3.63) is 60.8 Å². The Kier molecular flexibility index (Phi) is 48.7. The zero-order chi connectivity index (χ0) is 66.1. The molecule has 3 heterocycles. The third-order valence-electron chi connectivity index (χ3n) is 17.8. The van der Waals surface area contributed by atoms with Crippen LogP contribution in [0.15, 0.2) is 60.8 Å². The first-order valence-electron chi connectivity index (χ1n) is 36.0. The van der Waals surface area contributed by atoms with Gasteiger partial charge in [-0.25, -0.2) is 0 Å². The van der Waals surface area contributed by atoms with Gasteiger partial charge in [-0.1, -0.05) is 254 Å². The lowest BCUT2D eigenvalue weighted by Gasteiger charge is -2.48. The van der Waals surface area contributed by atoms with E-state index in [1.807, 2.05) is 6.08 Å². The van der Waals surface area contributed by atoms with Crippen LogP contribution in [-0.4, -0.2) is 193 Å². The first-order chi connectivity index (χ1) is 44.3. The van der Waals surface area contributed by atoms with Crippen molar-refractivity contribution in [1.29, 1.82) is 0 Å². The Bertz CT molecular complexity index is 1890. The van der Waals surface area contributed by atoms with Crippen LogP contribution < -0.4 is 5.32 Å². The average Bonchev–Trinajstić information content (AvgIpc) is 0.884. The number of aliphatic hydroxyl groups is 11. The van der Waals surface area contributed by atoms with Gasteiger partial charge in [0.05, 0.1) is 38.6 Å². The summed E-state index contributed by atoms with van der Waals surface area (Å²) in [6.07, 6.45) is 39.1. The van der Waals surface area contributed by atoms with Gasteiger partial charge in [-0.15, -0.1) is 0 Å². The summed E-state index contributed by atoms with van der Waals surface area (Å²) < 4.78 is 34.4. The molecular formula is C72H129NO18. The van der Waals surface area contributed by atoms with Crippen molar-refractivity contribution < 1.29 is 89.4 Å². The molecular weight excluding hydrogens is 1170 g/mol. The summed E-state index contributed by atoms with van der Waals surface area (Å²) in [5.41, 5.74) is 0. The van der Waals surface area contributed by atoms with Gasteiger partial charge < -0.3 is 89.9 Å². The van der Waals surface area contributed by atoms with Gasteiger partial charge >= 0.3 is 0 Å². The summed E-state index contributed by atoms with van der Waals surface area (Å²) in [5, 5.41) is 121. The lowest BCUT2D eigenvalue weighted by Crippen LogP contribution is -2.66. The van der Waals surface area contributed by atoms with Gasteiger partial charge in [0.1, 0.15) is 73.2 Å². The molecule has 12 N–H and O–H groups in total. The standard InChI is InChI=1S/C72H129NO18/c1-3-5-7-9-11-13-15-17-19-21-22-23-24-25-26-27-28-29-30-31-32-34-36-38-40-42-44-46-48-50-60(78)73-55(56(77)49-47-45-43-41-39-37-35-33-20-18-16-14-12-10-8-6-4-2)54-86-70-66(84)63(81)68(58(52-75)88-70)91-72-67(85)64(82)69(59(53-76)89-72)90-71-65(83)62(80)61(79)57(51-74)87-71/h5,7,11,13,17,19,22-23,47,49,55-59,61-72,74-77,79-85H,3-4,6,8-10,12,14-16,18,20-21,24-46,48,50-54H2,1-2H3,(H,73,78)/b7-5-,13-11-,19-17-,23-22-,49-47+. The van der Waals surface area contributed by atoms with Gasteiger partial charge in [0.25, 0.3) is 0 Å². The predicted octanol–water partition coefficient (Wildman–Crippen LogP) is 9.94. The van der Waals surface area contributed by atoms with Gasteiger partial charge in [0, 0.05) is 6.42 Å². The van der Waals surface area contributed by atoms with E-state index >= 15 is 0 Å². The summed E-state index contributed by atoms with van der Waals surface area (Å²) in [5.74, 6) is -0.275. The highest BCUT2D eigenvalue weighted by Crippen LogP contribution is 2.33. The van der Waals surface area contributed by atoms with E-state index in [0.717, 1.165) is 70.6 Å². The van der Waals surface area contributed by atoms with E-state index < -0.39 is 124 Å². The van der Waals surface area contributed by atoms with E-state index in [9.17, 15) is 61.0 Å². The van der Waals surface area contributed by atoms with Crippen LogP contribution in [0.4, 0.5) is 0 Å². The zero-order valence-electron chi connectivity index (χ0n) is 56.1. The van der Waals surface area contributed by atoms with E-state index in [4.69, 9.17) is 28.4 Å². The van der Waals surface area contributed by atoms with Crippen LogP contribution in [0.2, 0.25) is 0 Å². The molecule has 0 saturated carbocycles. The molecule has 3 aliphatic heterocycles. The van der Waals surface area contributed by atoms with Crippen LogP contribution in [0.5, 0.6) is 0 Å². The summed E-state index contributed by atoms with van der Waals surface area (Å²) in [6, 6.07) is -0.974. The van der Waals surface area contributed by atoms with E-state index in [1.54, 1.807) is 6.08 Å². The second kappa shape index (κ2) is 53.6. The molecule has 17 atom stereocenters. The van der Waals surface area contributed by atoms with Crippen molar-refractivity contribution in [2.24, 2.45) is 0 Å². The minimum atomic E-state index is -1.98. The molecule has 0 radical (unpaired) electrons. The van der Waals surface area contributed by atoms with Crippen LogP contribution in [0.3, 0.4) is 0 Å². The van der Waals surface area contributed by atoms with Crippen LogP contribution in [0.25, 0.3) is 0 Å². The predicted molar refractivity (Wildman–Crippen MR) is 355 cm³/mol. The fourth-order valence-electron chi connectivity index (χ4n) is 12.0. The molecule has 3 aliphatic rings. The van der Waals surface area contributed by atoms with Gasteiger partial charge in [-0.2, -0.15) is 0 Å². The van der Waals surface area contributed by atoms with Crippen molar-refractivity contribution in [3.8, 4) is 0 Å². The van der Waals surface area contributed by atoms with Crippen molar-refractivity contribution in [1.82, 2.24) is 5.32 Å². The number of ether oxygens (including phenoxy) is 6. The first-order valence-corrected chi connectivity index (χ1v) is 36.0. The lowest BCUT2D eigenvalue weighted by atomic mass is 9.96. The van der Waals surface area contributed by atoms with Gasteiger partial charge in [-0.05, 0) is 57.8 Å². The van der Waals surface area contributed by atoms with Crippen molar-refractivity contribution in [2.45, 2.75) is 362 Å². The summed E-state index contributed by atoms with van der Waals surface area (Å²) >= 11 is 0. The number of rotatable bonds is 55. The number of carbonyl (C=O) groups is 1. The molecule has 17 unspecified atom stereocenters. The number of aliphatic hydroxyl groups excluding tert-OH is 11. The first kappa shape index (κ1) is 82.7. The molecule has 0 aromatic heterocycles. The van der Waals surface area contributed by atoms with Crippen LogP contribution in [0.1, 0.15) is 258 Å². The van der Waals surface area contributed by atoms with Crippen LogP contribution >= 0.6 is 0 Å². The summed E-state index contributed by atoms with van der Waals surface area (Å²) in [6.45, 7) is 1.64. The fraction of sp³-hybridized carbons (Fsp3) is 0.847. The molecule has 19 nitrogen and oxygen atoms in total. The second-order valence-electron chi connectivity index (χ2n) is 25.7. The Morgan fingerprint density at radius 3 is 1.19 bits per heavy atom. The molecule has 19 heteroatoms. The number of carbonyl (C=O) groups excluding carboxylic acids is 1. The highest BCUT2D eigenvalue weighted by atomic mass is 16.8. The van der Waals surface area contributed by atoms with E-state index in [2.05, 4.69) is 67.8 Å². The van der Waals surface area contributed by atoms with Crippen LogP contribution in [0, 0.1) is 0 Å². The molecule has 1 amide bonds. The Morgan fingerprint density at radius 1 is 0.407 bits per heavy atom. The smallest absolute Gasteiger partial charge is 0.220 e. The zero-order valence-corrected chi connectivity index (χ0v) is 56.1. The Hall–Kier alpha value is -2.51. The van der Waals surface area contributed by atoms with Gasteiger partial charge in [0.2, 0.25) is 5.91 Å². The average molecular weight is 1300 g/mol. The van der Waals surface area contributed by atoms with Gasteiger partial charge in [0.15, 0.2) is 18.9 Å². The normalized spacial score (nSPS) is 28.2. The Morgan fingerprint density at radius 2 is 0.758 bits per heavy atom. The summed E-state index contributed by atoms with van der Waals surface area (Å²) in [4.78, 5) is 13.4. The SMILES string of the molecule is CC/C=C\C/C=C\C/C=C\C/C=C\CCCCCCCCCCCCCCCCCCC(=O)NC(COC1OC(CO)C(OC2OC(CO)C(OC3OC(CO)C(O)C(O)C3O)C(O)C2O)C(O)C1O)C(O)/C=C/CCCCCCCCCCCCCCCCC. The fourth-order valence-corrected chi connectivity index (χ4v) is 12.0. The topological polar surface area (TPSA) is 307 Å². The number of unbranched alkanes of at least 4 members (excludes halogenated alkanes) is 31. The molecule has 0 spiro atoms. The Balaban J connectivity index is 1.40. The maximum absolute atomic E-state index is 13.4. The third-order valence-corrected chi connectivity index (χ3v) is 17.8. The maximum Gasteiger partial charge on any atom is 0.220 e. The van der Waals surface area contributed by atoms with E-state index in [1.165, 1.54) is 161 Å². The molecule has 3 rings (SSSR count). The molecule has 91 heavy (non-hydrogen) atoms. The number of hydrogen-bond donors (Lipinski definition) is 12. The molecule has 3 saturated heterocycles.